The molecule has 1 fully saturated rings. The van der Waals surface area contributed by atoms with Gasteiger partial charge in [0.1, 0.15) is 5.75 Å². The summed E-state index contributed by atoms with van der Waals surface area (Å²) < 4.78 is 5.64. The van der Waals surface area contributed by atoms with Crippen LogP contribution in [0.2, 0.25) is 0 Å². The van der Waals surface area contributed by atoms with Crippen molar-refractivity contribution in [2.45, 2.75) is 32.6 Å². The molecular weight excluding hydrogens is 250 g/mol. The Bertz CT molecular complexity index is 403. The molecule has 1 aromatic carbocycles. The molecule has 0 spiro atoms. The van der Waals surface area contributed by atoms with E-state index in [-0.39, 0.29) is 0 Å². The van der Waals surface area contributed by atoms with Crippen LogP contribution in [-0.2, 0) is 0 Å². The van der Waals surface area contributed by atoms with E-state index in [1.54, 1.807) is 0 Å². The lowest BCUT2D eigenvalue weighted by molar-refractivity contribution is 0.319. The first-order valence-electron chi connectivity index (χ1n) is 7.78. The van der Waals surface area contributed by atoms with E-state index < -0.39 is 0 Å². The summed E-state index contributed by atoms with van der Waals surface area (Å²) in [6.45, 7) is 7.54. The lowest BCUT2D eigenvalue weighted by Crippen LogP contribution is -2.22. The fourth-order valence-corrected chi connectivity index (χ4v) is 2.52. The molecule has 2 rings (SSSR count). The maximum atomic E-state index is 5.91. The number of nitrogens with one attached hydrogen (secondary N) is 1. The second-order valence-corrected chi connectivity index (χ2v) is 5.43. The van der Waals surface area contributed by atoms with Crippen molar-refractivity contribution in [1.82, 2.24) is 4.90 Å². The number of anilines is 2. The van der Waals surface area contributed by atoms with Gasteiger partial charge in [-0.2, -0.15) is 0 Å². The molecule has 20 heavy (non-hydrogen) atoms. The van der Waals surface area contributed by atoms with Crippen molar-refractivity contribution in [3.05, 3.63) is 18.2 Å². The van der Waals surface area contributed by atoms with Gasteiger partial charge in [0.25, 0.3) is 0 Å². The number of nitrogens with two attached hydrogens (primary N) is 1. The van der Waals surface area contributed by atoms with E-state index in [2.05, 4.69) is 17.1 Å². The zero-order chi connectivity index (χ0) is 14.2. The second-order valence-electron chi connectivity index (χ2n) is 5.43. The first kappa shape index (κ1) is 15.0. The highest BCUT2D eigenvalue weighted by Crippen LogP contribution is 2.25. The standard InChI is InChI=1S/C16H27N3O/c1-2-12-20-16-13-14(6-7-15(16)17)18-8-5-11-19-9-3-4-10-19/h6-7,13,18H,2-5,8-12,17H2,1H3. The summed E-state index contributed by atoms with van der Waals surface area (Å²) in [6, 6.07) is 5.93. The molecule has 0 bridgehead atoms. The Morgan fingerprint density at radius 1 is 1.30 bits per heavy atom. The summed E-state index contributed by atoms with van der Waals surface area (Å²) >= 11 is 0. The molecule has 1 saturated heterocycles. The van der Waals surface area contributed by atoms with E-state index in [0.29, 0.717) is 12.3 Å². The summed E-state index contributed by atoms with van der Waals surface area (Å²) in [5.74, 6) is 0.788. The van der Waals surface area contributed by atoms with Crippen molar-refractivity contribution in [3.8, 4) is 5.75 Å². The largest absolute Gasteiger partial charge is 0.491 e. The maximum absolute atomic E-state index is 5.91. The molecule has 0 aromatic heterocycles. The van der Waals surface area contributed by atoms with Gasteiger partial charge in [-0.3, -0.25) is 0 Å². The van der Waals surface area contributed by atoms with Crippen LogP contribution in [0, 0.1) is 0 Å². The molecular formula is C16H27N3O. The van der Waals surface area contributed by atoms with Crippen molar-refractivity contribution in [2.75, 3.05) is 43.8 Å². The Hall–Kier alpha value is -1.42. The fourth-order valence-electron chi connectivity index (χ4n) is 2.52. The number of likely N-dealkylation sites (tertiary alicyclic amines) is 1. The first-order chi connectivity index (χ1) is 9.79. The van der Waals surface area contributed by atoms with Crippen LogP contribution in [0.3, 0.4) is 0 Å². The molecule has 1 aliphatic rings. The van der Waals surface area contributed by atoms with E-state index in [4.69, 9.17) is 10.5 Å². The topological polar surface area (TPSA) is 50.5 Å². The summed E-state index contributed by atoms with van der Waals surface area (Å²) in [4.78, 5) is 2.54. The highest BCUT2D eigenvalue weighted by molar-refractivity contribution is 5.61. The quantitative estimate of drug-likeness (QED) is 0.566. The Balaban J connectivity index is 1.74. The average Bonchev–Trinajstić information content (AvgIpc) is 2.97. The SMILES string of the molecule is CCCOc1cc(NCCCN2CCCC2)ccc1N. The van der Waals surface area contributed by atoms with Gasteiger partial charge in [-0.05, 0) is 57.5 Å². The van der Waals surface area contributed by atoms with Crippen LogP contribution >= 0.6 is 0 Å². The van der Waals surface area contributed by atoms with Crippen LogP contribution in [0.1, 0.15) is 32.6 Å². The number of hydrogen-bond donors (Lipinski definition) is 2. The number of ether oxygens (including phenoxy) is 1. The zero-order valence-electron chi connectivity index (χ0n) is 12.5. The van der Waals surface area contributed by atoms with Gasteiger partial charge >= 0.3 is 0 Å². The number of hydrogen-bond acceptors (Lipinski definition) is 4. The Labute approximate surface area is 122 Å². The number of benzene rings is 1. The highest BCUT2D eigenvalue weighted by Gasteiger charge is 2.10. The van der Waals surface area contributed by atoms with E-state index in [1.807, 2.05) is 18.2 Å². The minimum Gasteiger partial charge on any atom is -0.491 e. The van der Waals surface area contributed by atoms with Gasteiger partial charge in [0.05, 0.1) is 12.3 Å². The number of nitrogen functional groups attached to an aromatic ring is 1. The summed E-state index contributed by atoms with van der Waals surface area (Å²) in [5, 5.41) is 3.45. The van der Waals surface area contributed by atoms with Gasteiger partial charge in [-0.25, -0.2) is 0 Å². The Morgan fingerprint density at radius 3 is 2.85 bits per heavy atom. The van der Waals surface area contributed by atoms with Gasteiger partial charge in [-0.15, -0.1) is 0 Å². The normalized spacial score (nSPS) is 15.4. The van der Waals surface area contributed by atoms with Gasteiger partial charge in [-0.1, -0.05) is 6.92 Å². The second kappa shape index (κ2) is 8.00. The predicted molar refractivity (Wildman–Crippen MR) is 85.4 cm³/mol. The third kappa shape index (κ3) is 4.60. The molecule has 1 aliphatic heterocycles. The molecule has 0 radical (unpaired) electrons. The van der Waals surface area contributed by atoms with Crippen molar-refractivity contribution < 1.29 is 4.74 Å². The number of rotatable bonds is 8. The molecule has 0 aliphatic carbocycles. The summed E-state index contributed by atoms with van der Waals surface area (Å²) in [5.41, 5.74) is 7.71. The minimum atomic E-state index is 0.709. The molecule has 3 N–H and O–H groups in total. The molecule has 0 saturated carbocycles. The Kier molecular flexibility index (Phi) is 5.99. The Morgan fingerprint density at radius 2 is 2.10 bits per heavy atom. The first-order valence-corrected chi connectivity index (χ1v) is 7.78. The highest BCUT2D eigenvalue weighted by atomic mass is 16.5. The van der Waals surface area contributed by atoms with E-state index >= 15 is 0 Å². The smallest absolute Gasteiger partial charge is 0.144 e. The summed E-state index contributed by atoms with van der Waals surface area (Å²) in [7, 11) is 0. The number of nitrogens with zero attached hydrogens (tertiary/aromatic N) is 1. The predicted octanol–water partition coefficient (Wildman–Crippen LogP) is 2.96. The fraction of sp³-hybridized carbons (Fsp3) is 0.625. The lowest BCUT2D eigenvalue weighted by atomic mass is 10.2. The molecule has 0 amide bonds. The molecule has 4 nitrogen and oxygen atoms in total. The zero-order valence-corrected chi connectivity index (χ0v) is 12.5. The van der Waals surface area contributed by atoms with Crippen LogP contribution < -0.4 is 15.8 Å². The molecule has 0 unspecified atom stereocenters. The average molecular weight is 277 g/mol. The van der Waals surface area contributed by atoms with Crippen molar-refractivity contribution in [1.29, 1.82) is 0 Å². The third-order valence-electron chi connectivity index (χ3n) is 3.65. The van der Waals surface area contributed by atoms with Gasteiger partial charge in [0.15, 0.2) is 0 Å². The lowest BCUT2D eigenvalue weighted by Gasteiger charge is -2.15. The van der Waals surface area contributed by atoms with E-state index in [1.165, 1.54) is 38.9 Å². The monoisotopic (exact) mass is 277 g/mol. The van der Waals surface area contributed by atoms with Crippen LogP contribution in [0.4, 0.5) is 11.4 Å². The molecule has 4 heteroatoms. The maximum Gasteiger partial charge on any atom is 0.144 e. The van der Waals surface area contributed by atoms with E-state index in [9.17, 15) is 0 Å². The third-order valence-corrected chi connectivity index (χ3v) is 3.65. The van der Waals surface area contributed by atoms with Gasteiger partial charge in [0, 0.05) is 18.3 Å². The van der Waals surface area contributed by atoms with Crippen molar-refractivity contribution in [3.63, 3.8) is 0 Å². The van der Waals surface area contributed by atoms with Crippen LogP contribution in [-0.4, -0.2) is 37.7 Å². The van der Waals surface area contributed by atoms with Gasteiger partial charge < -0.3 is 20.7 Å². The minimum absolute atomic E-state index is 0.709. The van der Waals surface area contributed by atoms with E-state index in [0.717, 1.165) is 24.4 Å². The molecule has 1 aromatic rings. The van der Waals surface area contributed by atoms with Crippen LogP contribution in [0.15, 0.2) is 18.2 Å². The van der Waals surface area contributed by atoms with Crippen molar-refractivity contribution >= 4 is 11.4 Å². The molecule has 1 heterocycles. The molecule has 112 valence electrons. The van der Waals surface area contributed by atoms with Crippen molar-refractivity contribution in [2.24, 2.45) is 0 Å². The molecule has 0 atom stereocenters. The van der Waals surface area contributed by atoms with Crippen LogP contribution in [0.5, 0.6) is 5.75 Å². The summed E-state index contributed by atoms with van der Waals surface area (Å²) in [6.07, 6.45) is 4.90. The van der Waals surface area contributed by atoms with Crippen LogP contribution in [0.25, 0.3) is 0 Å². The van der Waals surface area contributed by atoms with Gasteiger partial charge in [0.2, 0.25) is 0 Å².